The normalized spacial score (nSPS) is 12.7. The van der Waals surface area contributed by atoms with E-state index < -0.39 is 0 Å². The maximum Gasteiger partial charge on any atom is 0.123 e. The second-order valence-corrected chi connectivity index (χ2v) is 4.38. The highest BCUT2D eigenvalue weighted by atomic mass is 19.1. The molecule has 1 unspecified atom stereocenters. The Hall–Kier alpha value is -0.890. The number of benzene rings is 1. The molecule has 0 bridgehead atoms. The molecule has 0 aliphatic heterocycles. The molecule has 0 spiro atoms. The summed E-state index contributed by atoms with van der Waals surface area (Å²) in [5.41, 5.74) is 1.10. The van der Waals surface area contributed by atoms with Crippen molar-refractivity contribution in [1.82, 2.24) is 5.32 Å². The van der Waals surface area contributed by atoms with Crippen molar-refractivity contribution in [3.8, 4) is 0 Å². The minimum absolute atomic E-state index is 0.130. The van der Waals surface area contributed by atoms with Crippen LogP contribution in [0.2, 0.25) is 0 Å². The molecule has 16 heavy (non-hydrogen) atoms. The number of aryl methyl sites for hydroxylation is 1. The number of rotatable bonds is 7. The maximum absolute atomic E-state index is 12.9. The molecule has 1 aromatic rings. The average molecular weight is 223 g/mol. The molecule has 0 amide bonds. The zero-order valence-corrected chi connectivity index (χ0v) is 10.3. The van der Waals surface area contributed by atoms with Crippen LogP contribution in [-0.4, -0.2) is 12.6 Å². The van der Waals surface area contributed by atoms with E-state index in [-0.39, 0.29) is 5.82 Å². The summed E-state index contributed by atoms with van der Waals surface area (Å²) in [6.45, 7) is 5.47. The molecule has 0 fully saturated rings. The van der Waals surface area contributed by atoms with Gasteiger partial charge in [-0.3, -0.25) is 0 Å². The van der Waals surface area contributed by atoms with E-state index in [0.29, 0.717) is 6.04 Å². The molecule has 0 aliphatic carbocycles. The van der Waals surface area contributed by atoms with Crippen LogP contribution >= 0.6 is 0 Å². The van der Waals surface area contributed by atoms with Gasteiger partial charge >= 0.3 is 0 Å². The number of hydrogen-bond acceptors (Lipinski definition) is 1. The second-order valence-electron chi connectivity index (χ2n) is 4.38. The third-order valence-electron chi connectivity index (χ3n) is 2.73. The summed E-state index contributed by atoms with van der Waals surface area (Å²) in [6, 6.07) is 7.46. The maximum atomic E-state index is 12.9. The van der Waals surface area contributed by atoms with E-state index in [4.69, 9.17) is 0 Å². The minimum atomic E-state index is -0.130. The van der Waals surface area contributed by atoms with Crippen molar-refractivity contribution in [2.45, 2.75) is 45.6 Å². The van der Waals surface area contributed by atoms with Gasteiger partial charge in [-0.1, -0.05) is 19.1 Å². The van der Waals surface area contributed by atoms with E-state index in [0.717, 1.165) is 31.4 Å². The van der Waals surface area contributed by atoms with Crippen LogP contribution < -0.4 is 5.32 Å². The SMILES string of the molecule is CCCNC(C)CCCc1cccc(F)c1. The summed E-state index contributed by atoms with van der Waals surface area (Å²) in [5, 5.41) is 3.46. The smallest absolute Gasteiger partial charge is 0.123 e. The summed E-state index contributed by atoms with van der Waals surface area (Å²) >= 11 is 0. The predicted molar refractivity (Wildman–Crippen MR) is 67.1 cm³/mol. The first-order valence-corrected chi connectivity index (χ1v) is 6.20. The monoisotopic (exact) mass is 223 g/mol. The van der Waals surface area contributed by atoms with Crippen molar-refractivity contribution in [3.63, 3.8) is 0 Å². The molecule has 90 valence electrons. The minimum Gasteiger partial charge on any atom is -0.314 e. The summed E-state index contributed by atoms with van der Waals surface area (Å²) < 4.78 is 12.9. The first kappa shape index (κ1) is 13.2. The molecule has 1 atom stereocenters. The van der Waals surface area contributed by atoms with Gasteiger partial charge in [-0.05, 0) is 56.8 Å². The molecule has 0 radical (unpaired) electrons. The molecule has 0 saturated carbocycles. The lowest BCUT2D eigenvalue weighted by molar-refractivity contribution is 0.498. The van der Waals surface area contributed by atoms with Crippen molar-refractivity contribution in [2.75, 3.05) is 6.54 Å². The highest BCUT2D eigenvalue weighted by Crippen LogP contribution is 2.08. The molecule has 0 heterocycles. The van der Waals surface area contributed by atoms with Crippen LogP contribution in [0.15, 0.2) is 24.3 Å². The van der Waals surface area contributed by atoms with Gasteiger partial charge in [0.2, 0.25) is 0 Å². The van der Waals surface area contributed by atoms with Crippen molar-refractivity contribution in [1.29, 1.82) is 0 Å². The lowest BCUT2D eigenvalue weighted by Gasteiger charge is -2.12. The Labute approximate surface area is 98.1 Å². The molecule has 2 heteroatoms. The fraction of sp³-hybridized carbons (Fsp3) is 0.571. The first-order chi connectivity index (χ1) is 7.72. The Kier molecular flexibility index (Phi) is 6.09. The van der Waals surface area contributed by atoms with Gasteiger partial charge in [0, 0.05) is 6.04 Å². The van der Waals surface area contributed by atoms with Gasteiger partial charge in [0.1, 0.15) is 5.82 Å². The quantitative estimate of drug-likeness (QED) is 0.745. The van der Waals surface area contributed by atoms with Crippen LogP contribution in [0.5, 0.6) is 0 Å². The third-order valence-corrected chi connectivity index (χ3v) is 2.73. The Morgan fingerprint density at radius 3 is 2.88 bits per heavy atom. The van der Waals surface area contributed by atoms with E-state index in [1.807, 2.05) is 6.07 Å². The van der Waals surface area contributed by atoms with E-state index in [2.05, 4.69) is 19.2 Å². The second kappa shape index (κ2) is 7.39. The molecule has 0 aliphatic rings. The lowest BCUT2D eigenvalue weighted by atomic mass is 10.1. The Morgan fingerprint density at radius 2 is 2.19 bits per heavy atom. The zero-order chi connectivity index (χ0) is 11.8. The van der Waals surface area contributed by atoms with E-state index >= 15 is 0 Å². The topological polar surface area (TPSA) is 12.0 Å². The van der Waals surface area contributed by atoms with Crippen molar-refractivity contribution >= 4 is 0 Å². The van der Waals surface area contributed by atoms with Crippen LogP contribution in [0.4, 0.5) is 4.39 Å². The third kappa shape index (κ3) is 5.26. The van der Waals surface area contributed by atoms with Gasteiger partial charge in [0.25, 0.3) is 0 Å². The van der Waals surface area contributed by atoms with Gasteiger partial charge in [0.15, 0.2) is 0 Å². The Morgan fingerprint density at radius 1 is 1.38 bits per heavy atom. The molecular weight excluding hydrogens is 201 g/mol. The average Bonchev–Trinajstić information content (AvgIpc) is 2.26. The van der Waals surface area contributed by atoms with Crippen LogP contribution in [0.3, 0.4) is 0 Å². The Balaban J connectivity index is 2.20. The van der Waals surface area contributed by atoms with E-state index in [1.165, 1.54) is 12.5 Å². The van der Waals surface area contributed by atoms with E-state index in [9.17, 15) is 4.39 Å². The van der Waals surface area contributed by atoms with Gasteiger partial charge in [-0.15, -0.1) is 0 Å². The number of nitrogens with one attached hydrogen (secondary N) is 1. The van der Waals surface area contributed by atoms with Crippen LogP contribution in [-0.2, 0) is 6.42 Å². The molecule has 0 saturated heterocycles. The van der Waals surface area contributed by atoms with Crippen LogP contribution in [0.1, 0.15) is 38.7 Å². The number of halogens is 1. The fourth-order valence-corrected chi connectivity index (χ4v) is 1.80. The molecule has 1 rings (SSSR count). The van der Waals surface area contributed by atoms with Crippen molar-refractivity contribution in [3.05, 3.63) is 35.6 Å². The summed E-state index contributed by atoms with van der Waals surface area (Å²) in [6.07, 6.45) is 4.40. The summed E-state index contributed by atoms with van der Waals surface area (Å²) in [4.78, 5) is 0. The van der Waals surface area contributed by atoms with Gasteiger partial charge < -0.3 is 5.32 Å². The highest BCUT2D eigenvalue weighted by molar-refractivity contribution is 5.16. The van der Waals surface area contributed by atoms with Crippen molar-refractivity contribution < 1.29 is 4.39 Å². The van der Waals surface area contributed by atoms with Crippen LogP contribution in [0, 0.1) is 5.82 Å². The fourth-order valence-electron chi connectivity index (χ4n) is 1.80. The molecule has 1 aromatic carbocycles. The van der Waals surface area contributed by atoms with Crippen LogP contribution in [0.25, 0.3) is 0 Å². The summed E-state index contributed by atoms with van der Waals surface area (Å²) in [7, 11) is 0. The molecule has 1 N–H and O–H groups in total. The largest absolute Gasteiger partial charge is 0.314 e. The van der Waals surface area contributed by atoms with Gasteiger partial charge in [0.05, 0.1) is 0 Å². The predicted octanol–water partition coefficient (Wildman–Crippen LogP) is 3.54. The highest BCUT2D eigenvalue weighted by Gasteiger charge is 2.01. The first-order valence-electron chi connectivity index (χ1n) is 6.20. The van der Waals surface area contributed by atoms with Gasteiger partial charge in [-0.25, -0.2) is 4.39 Å². The molecular formula is C14H22FN. The molecule has 0 aromatic heterocycles. The zero-order valence-electron chi connectivity index (χ0n) is 10.3. The molecule has 1 nitrogen and oxygen atoms in total. The summed E-state index contributed by atoms with van der Waals surface area (Å²) in [5.74, 6) is -0.130. The van der Waals surface area contributed by atoms with Gasteiger partial charge in [-0.2, -0.15) is 0 Å². The van der Waals surface area contributed by atoms with E-state index in [1.54, 1.807) is 12.1 Å². The van der Waals surface area contributed by atoms with Crippen molar-refractivity contribution in [2.24, 2.45) is 0 Å². The standard InChI is InChI=1S/C14H22FN/c1-3-10-16-12(2)6-4-7-13-8-5-9-14(15)11-13/h5,8-9,11-12,16H,3-4,6-7,10H2,1-2H3. The Bertz CT molecular complexity index is 299. The lowest BCUT2D eigenvalue weighted by Crippen LogP contribution is -2.26. The number of hydrogen-bond donors (Lipinski definition) is 1.